The normalized spacial score (nSPS) is 16.4. The van der Waals surface area contributed by atoms with Gasteiger partial charge in [0.15, 0.2) is 7.34 Å². The maximum Gasteiger partial charge on any atom is 0.162 e. The second-order valence-electron chi connectivity index (χ2n) is 6.03. The fourth-order valence-corrected chi connectivity index (χ4v) is 6.16. The molecule has 0 saturated carbocycles. The van der Waals surface area contributed by atoms with Crippen LogP contribution >= 0.6 is 7.34 Å². The third kappa shape index (κ3) is 3.43. The number of benzene rings is 2. The summed E-state index contributed by atoms with van der Waals surface area (Å²) in [6, 6.07) is 20.9. The topological polar surface area (TPSA) is 18.5 Å². The monoisotopic (exact) mass is 352 g/mol. The molecule has 1 heterocycles. The molecule has 0 fully saturated rings. The molecule has 0 spiro atoms. The van der Waals surface area contributed by atoms with Crippen molar-refractivity contribution in [3.63, 3.8) is 0 Å². The third-order valence-electron chi connectivity index (χ3n) is 4.47. The summed E-state index contributed by atoms with van der Waals surface area (Å²) < 4.78 is 12.3. The van der Waals surface area contributed by atoms with Crippen LogP contribution in [0, 0.1) is 0 Å². The van der Waals surface area contributed by atoms with Crippen LogP contribution in [0.1, 0.15) is 30.9 Å². The molecule has 1 aliphatic rings. The smallest absolute Gasteiger partial charge is 0.162 e. The summed E-state index contributed by atoms with van der Waals surface area (Å²) in [6.07, 6.45) is 6.69. The summed E-state index contributed by atoms with van der Waals surface area (Å²) in [6.45, 7) is 2.21. The predicted molar refractivity (Wildman–Crippen MR) is 109 cm³/mol. The number of allylic oxidation sites excluding steroid dienone is 3. The Balaban J connectivity index is 2.32. The molecule has 2 aromatic carbocycles. The number of rotatable bonds is 6. The first-order chi connectivity index (χ1) is 12.2. The summed E-state index contributed by atoms with van der Waals surface area (Å²) in [4.78, 5) is 0. The third-order valence-corrected chi connectivity index (χ3v) is 7.54. The molecule has 0 aliphatic carbocycles. The van der Waals surface area contributed by atoms with Gasteiger partial charge in [0.25, 0.3) is 0 Å². The summed E-state index contributed by atoms with van der Waals surface area (Å²) in [5.74, 6) is 0. The SMILES string of the molecule is CCCC1=CC(c2ccccc2)=P(OC)(OC)C(c2ccccc2)=C1. The zero-order valence-electron chi connectivity index (χ0n) is 15.1. The van der Waals surface area contributed by atoms with E-state index in [1.54, 1.807) is 14.2 Å². The van der Waals surface area contributed by atoms with Crippen LogP contribution in [0.5, 0.6) is 0 Å². The van der Waals surface area contributed by atoms with E-state index in [4.69, 9.17) is 9.05 Å². The van der Waals surface area contributed by atoms with E-state index in [2.05, 4.69) is 67.6 Å². The fraction of sp³-hybridized carbons (Fsp3) is 0.227. The van der Waals surface area contributed by atoms with Crippen LogP contribution in [0.25, 0.3) is 5.31 Å². The lowest BCUT2D eigenvalue weighted by molar-refractivity contribution is 0.345. The molecule has 25 heavy (non-hydrogen) atoms. The van der Waals surface area contributed by atoms with Gasteiger partial charge in [-0.1, -0.05) is 74.0 Å². The van der Waals surface area contributed by atoms with Gasteiger partial charge in [-0.25, -0.2) is 0 Å². The van der Waals surface area contributed by atoms with Gasteiger partial charge in [-0.15, -0.1) is 0 Å². The van der Waals surface area contributed by atoms with Gasteiger partial charge in [-0.3, -0.25) is 0 Å². The van der Waals surface area contributed by atoms with E-state index in [-0.39, 0.29) is 0 Å². The Morgan fingerprint density at radius 2 is 1.32 bits per heavy atom. The summed E-state index contributed by atoms with van der Waals surface area (Å²) in [7, 11) is 1.14. The van der Waals surface area contributed by atoms with E-state index in [9.17, 15) is 0 Å². The van der Waals surface area contributed by atoms with Gasteiger partial charge in [0.1, 0.15) is 0 Å². The highest BCUT2D eigenvalue weighted by atomic mass is 31.2. The van der Waals surface area contributed by atoms with Gasteiger partial charge in [0.05, 0.1) is 0 Å². The van der Waals surface area contributed by atoms with Crippen molar-refractivity contribution in [2.75, 3.05) is 14.2 Å². The molecule has 0 bridgehead atoms. The Morgan fingerprint density at radius 3 is 1.84 bits per heavy atom. The molecule has 2 nitrogen and oxygen atoms in total. The van der Waals surface area contributed by atoms with Crippen molar-refractivity contribution in [2.24, 2.45) is 0 Å². The van der Waals surface area contributed by atoms with Crippen molar-refractivity contribution in [1.29, 1.82) is 0 Å². The Labute approximate surface area is 150 Å². The van der Waals surface area contributed by atoms with Crippen LogP contribution in [0.4, 0.5) is 0 Å². The molecule has 3 rings (SSSR count). The van der Waals surface area contributed by atoms with Gasteiger partial charge < -0.3 is 9.05 Å². The van der Waals surface area contributed by atoms with Crippen LogP contribution in [0.3, 0.4) is 0 Å². The van der Waals surface area contributed by atoms with E-state index in [0.29, 0.717) is 0 Å². The maximum atomic E-state index is 6.13. The molecule has 0 unspecified atom stereocenters. The first-order valence-electron chi connectivity index (χ1n) is 8.67. The van der Waals surface area contributed by atoms with Crippen LogP contribution < -0.4 is 0 Å². The van der Waals surface area contributed by atoms with Crippen molar-refractivity contribution >= 4 is 17.9 Å². The summed E-state index contributed by atoms with van der Waals surface area (Å²) >= 11 is 0. The molecule has 3 heteroatoms. The fourth-order valence-electron chi connectivity index (χ4n) is 3.32. The van der Waals surface area contributed by atoms with Gasteiger partial charge >= 0.3 is 0 Å². The molecule has 2 aromatic rings. The van der Waals surface area contributed by atoms with Crippen molar-refractivity contribution in [1.82, 2.24) is 0 Å². The Hall–Kier alpha value is -1.86. The largest absolute Gasteiger partial charge is 0.337 e. The van der Waals surface area contributed by atoms with Gasteiger partial charge in [0, 0.05) is 24.8 Å². The molecular formula is C22H25O2P. The lowest BCUT2D eigenvalue weighted by atomic mass is 10.0. The molecular weight excluding hydrogens is 327 g/mol. The van der Waals surface area contributed by atoms with Crippen molar-refractivity contribution < 1.29 is 9.05 Å². The van der Waals surface area contributed by atoms with Gasteiger partial charge in [0.2, 0.25) is 0 Å². The standard InChI is InChI=1S/C22H25O2P/c1-4-11-18-16-21(19-12-7-5-8-13-19)25(23-2,24-3)22(17-18)20-14-9-6-10-15-20/h5-10,12-17H,4,11H2,1-3H3. The Morgan fingerprint density at radius 1 is 0.760 bits per heavy atom. The molecule has 0 amide bonds. The lowest BCUT2D eigenvalue weighted by Gasteiger charge is -2.32. The van der Waals surface area contributed by atoms with Crippen LogP contribution in [-0.4, -0.2) is 19.5 Å². The maximum absolute atomic E-state index is 6.13. The van der Waals surface area contributed by atoms with E-state index >= 15 is 0 Å². The van der Waals surface area contributed by atoms with E-state index in [0.717, 1.165) is 34.6 Å². The second-order valence-corrected chi connectivity index (χ2v) is 8.83. The zero-order valence-corrected chi connectivity index (χ0v) is 16.0. The molecule has 0 N–H and O–H groups in total. The van der Waals surface area contributed by atoms with E-state index in [1.165, 1.54) is 5.57 Å². The summed E-state index contributed by atoms with van der Waals surface area (Å²) in [5, 5.41) is 2.31. The highest BCUT2D eigenvalue weighted by Crippen LogP contribution is 2.64. The minimum Gasteiger partial charge on any atom is -0.337 e. The second kappa shape index (κ2) is 8.01. The van der Waals surface area contributed by atoms with Crippen LogP contribution in [0.15, 0.2) is 78.4 Å². The van der Waals surface area contributed by atoms with E-state index in [1.807, 2.05) is 12.1 Å². The predicted octanol–water partition coefficient (Wildman–Crippen LogP) is 6.13. The van der Waals surface area contributed by atoms with Crippen LogP contribution in [0.2, 0.25) is 0 Å². The average Bonchev–Trinajstić information content (AvgIpc) is 2.69. The van der Waals surface area contributed by atoms with Gasteiger partial charge in [-0.05, 0) is 35.3 Å². The Kier molecular flexibility index (Phi) is 5.75. The highest BCUT2D eigenvalue weighted by Gasteiger charge is 2.32. The molecule has 0 aromatic heterocycles. The van der Waals surface area contributed by atoms with Crippen molar-refractivity contribution in [2.45, 2.75) is 19.8 Å². The number of hydrogen-bond acceptors (Lipinski definition) is 2. The van der Waals surface area contributed by atoms with Gasteiger partial charge in [-0.2, -0.15) is 0 Å². The first-order valence-corrected chi connectivity index (χ1v) is 10.3. The van der Waals surface area contributed by atoms with E-state index < -0.39 is 7.34 Å². The van der Waals surface area contributed by atoms with Crippen molar-refractivity contribution in [3.8, 4) is 0 Å². The molecule has 0 radical (unpaired) electrons. The average molecular weight is 352 g/mol. The molecule has 1 aliphatic heterocycles. The highest BCUT2D eigenvalue weighted by molar-refractivity contribution is 7.78. The first kappa shape index (κ1) is 17.9. The quantitative estimate of drug-likeness (QED) is 0.582. The molecule has 0 saturated heterocycles. The summed E-state index contributed by atoms with van der Waals surface area (Å²) in [5.41, 5.74) is 3.65. The zero-order chi connectivity index (χ0) is 17.7. The van der Waals surface area contributed by atoms with Crippen LogP contribution in [-0.2, 0) is 9.05 Å². The van der Waals surface area contributed by atoms with Crippen molar-refractivity contribution in [3.05, 3.63) is 89.5 Å². The minimum absolute atomic E-state index is 1.04. The molecule has 130 valence electrons. The molecule has 0 atom stereocenters. The Bertz CT molecular complexity index is 825. The minimum atomic E-state index is -2.38. The lowest BCUT2D eigenvalue weighted by Crippen LogP contribution is -2.11. The number of hydrogen-bond donors (Lipinski definition) is 0.